The zero-order valence-electron chi connectivity index (χ0n) is 10.3. The summed E-state index contributed by atoms with van der Waals surface area (Å²) < 4.78 is 0. The average molecular weight is 255 g/mol. The van der Waals surface area contributed by atoms with Gasteiger partial charge in [0.2, 0.25) is 5.91 Å². The number of hydrogen-bond donors (Lipinski definition) is 2. The Hall–Kier alpha value is -1.06. The molecular weight excluding hydrogens is 236 g/mol. The lowest BCUT2D eigenvalue weighted by Gasteiger charge is -2.17. The molecule has 3 N–H and O–H groups in total. The van der Waals surface area contributed by atoms with Crippen LogP contribution < -0.4 is 11.1 Å². The third-order valence-electron chi connectivity index (χ3n) is 2.24. The molecule has 0 bridgehead atoms. The van der Waals surface area contributed by atoms with Crippen molar-refractivity contribution < 1.29 is 4.79 Å². The van der Waals surface area contributed by atoms with Gasteiger partial charge in [0.15, 0.2) is 0 Å². The van der Waals surface area contributed by atoms with E-state index < -0.39 is 5.54 Å². The molecule has 3 nitrogen and oxygen atoms in total. The van der Waals surface area contributed by atoms with Gasteiger partial charge in [-0.05, 0) is 38.0 Å². The Morgan fingerprint density at radius 3 is 2.76 bits per heavy atom. The number of rotatable bonds is 5. The zero-order chi connectivity index (χ0) is 12.9. The maximum Gasteiger partial charge on any atom is 0.221 e. The van der Waals surface area contributed by atoms with E-state index in [1.165, 1.54) is 0 Å². The normalized spacial score (nSPS) is 11.3. The molecule has 4 heteroatoms. The molecule has 0 saturated carbocycles. The van der Waals surface area contributed by atoms with E-state index in [0.717, 1.165) is 17.0 Å². The molecule has 0 atom stereocenters. The molecule has 0 aliphatic heterocycles. The summed E-state index contributed by atoms with van der Waals surface area (Å²) in [7, 11) is 0. The summed E-state index contributed by atoms with van der Waals surface area (Å²) in [4.78, 5) is 11.5. The lowest BCUT2D eigenvalue weighted by atomic mass is 10.0. The van der Waals surface area contributed by atoms with Crippen LogP contribution in [0.4, 0.5) is 0 Å². The topological polar surface area (TPSA) is 55.1 Å². The van der Waals surface area contributed by atoms with Gasteiger partial charge in [-0.15, -0.1) is 0 Å². The van der Waals surface area contributed by atoms with E-state index in [1.54, 1.807) is 0 Å². The fourth-order valence-corrected chi connectivity index (χ4v) is 1.73. The zero-order valence-corrected chi connectivity index (χ0v) is 11.1. The second-order valence-electron chi connectivity index (χ2n) is 4.90. The van der Waals surface area contributed by atoms with Gasteiger partial charge in [0.05, 0.1) is 0 Å². The minimum Gasteiger partial charge on any atom is -0.356 e. The van der Waals surface area contributed by atoms with Gasteiger partial charge in [-0.1, -0.05) is 23.7 Å². The maximum atomic E-state index is 11.5. The van der Waals surface area contributed by atoms with Gasteiger partial charge in [-0.25, -0.2) is 0 Å². The number of hydrogen-bond acceptors (Lipinski definition) is 2. The SMILES string of the molecule is CC(C)(N)CC(=O)NCCc1cccc(Cl)c1. The summed E-state index contributed by atoms with van der Waals surface area (Å²) in [6.07, 6.45) is 1.11. The summed E-state index contributed by atoms with van der Waals surface area (Å²) >= 11 is 5.87. The van der Waals surface area contributed by atoms with Crippen LogP contribution in [0.15, 0.2) is 24.3 Å². The number of carbonyl (C=O) groups is 1. The van der Waals surface area contributed by atoms with Crippen molar-refractivity contribution in [1.29, 1.82) is 0 Å². The molecule has 0 heterocycles. The fourth-order valence-electron chi connectivity index (χ4n) is 1.52. The Morgan fingerprint density at radius 2 is 2.18 bits per heavy atom. The summed E-state index contributed by atoms with van der Waals surface area (Å²) in [5.41, 5.74) is 6.42. The predicted octanol–water partition coefficient (Wildman–Crippen LogP) is 2.13. The molecule has 94 valence electrons. The van der Waals surface area contributed by atoms with Gasteiger partial charge in [0, 0.05) is 23.5 Å². The van der Waals surface area contributed by atoms with Crippen LogP contribution >= 0.6 is 11.6 Å². The van der Waals surface area contributed by atoms with E-state index in [4.69, 9.17) is 17.3 Å². The first-order valence-electron chi connectivity index (χ1n) is 5.67. The second kappa shape index (κ2) is 6.03. The molecule has 0 aromatic heterocycles. The molecule has 0 aliphatic carbocycles. The highest BCUT2D eigenvalue weighted by molar-refractivity contribution is 6.30. The van der Waals surface area contributed by atoms with Crippen LogP contribution in [-0.4, -0.2) is 18.0 Å². The Labute approximate surface area is 107 Å². The largest absolute Gasteiger partial charge is 0.356 e. The van der Waals surface area contributed by atoms with E-state index in [2.05, 4.69) is 5.32 Å². The van der Waals surface area contributed by atoms with Gasteiger partial charge >= 0.3 is 0 Å². The first-order valence-corrected chi connectivity index (χ1v) is 6.05. The van der Waals surface area contributed by atoms with Crippen LogP contribution in [-0.2, 0) is 11.2 Å². The number of halogens is 1. The number of benzene rings is 1. The molecule has 0 saturated heterocycles. The van der Waals surface area contributed by atoms with Crippen LogP contribution in [0.1, 0.15) is 25.8 Å². The highest BCUT2D eigenvalue weighted by Gasteiger charge is 2.15. The van der Waals surface area contributed by atoms with Crippen molar-refractivity contribution >= 4 is 17.5 Å². The first kappa shape index (κ1) is 14.0. The number of nitrogens with one attached hydrogen (secondary N) is 1. The van der Waals surface area contributed by atoms with Gasteiger partial charge in [0.1, 0.15) is 0 Å². The van der Waals surface area contributed by atoms with Crippen molar-refractivity contribution in [2.24, 2.45) is 5.73 Å². The molecule has 0 spiro atoms. The lowest BCUT2D eigenvalue weighted by molar-refractivity contribution is -0.121. The van der Waals surface area contributed by atoms with Crippen LogP contribution in [0.25, 0.3) is 0 Å². The molecule has 1 aromatic rings. The van der Waals surface area contributed by atoms with Gasteiger partial charge in [0.25, 0.3) is 0 Å². The van der Waals surface area contributed by atoms with Crippen molar-refractivity contribution in [3.63, 3.8) is 0 Å². The van der Waals surface area contributed by atoms with Crippen molar-refractivity contribution in [3.8, 4) is 0 Å². The van der Waals surface area contributed by atoms with Crippen molar-refractivity contribution in [2.75, 3.05) is 6.54 Å². The molecule has 1 rings (SSSR count). The third-order valence-corrected chi connectivity index (χ3v) is 2.48. The van der Waals surface area contributed by atoms with E-state index >= 15 is 0 Å². The van der Waals surface area contributed by atoms with E-state index in [1.807, 2.05) is 38.1 Å². The fraction of sp³-hybridized carbons (Fsp3) is 0.462. The predicted molar refractivity (Wildman–Crippen MR) is 71.0 cm³/mol. The van der Waals surface area contributed by atoms with Crippen molar-refractivity contribution in [1.82, 2.24) is 5.32 Å². The summed E-state index contributed by atoms with van der Waals surface area (Å²) in [6, 6.07) is 7.63. The number of amides is 1. The van der Waals surface area contributed by atoms with Crippen LogP contribution in [0.5, 0.6) is 0 Å². The summed E-state index contributed by atoms with van der Waals surface area (Å²) in [5.74, 6) is -0.0143. The molecule has 0 aliphatic rings. The van der Waals surface area contributed by atoms with Gasteiger partial charge in [-0.3, -0.25) is 4.79 Å². The smallest absolute Gasteiger partial charge is 0.221 e. The minimum absolute atomic E-state index is 0.0143. The van der Waals surface area contributed by atoms with E-state index in [9.17, 15) is 4.79 Å². The monoisotopic (exact) mass is 254 g/mol. The molecule has 0 fully saturated rings. The minimum atomic E-state index is -0.458. The summed E-state index contributed by atoms with van der Waals surface area (Å²) in [5, 5.41) is 3.56. The maximum absolute atomic E-state index is 11.5. The average Bonchev–Trinajstić information content (AvgIpc) is 2.14. The van der Waals surface area contributed by atoms with Crippen molar-refractivity contribution in [2.45, 2.75) is 32.2 Å². The quantitative estimate of drug-likeness (QED) is 0.846. The Kier molecular flexibility index (Phi) is 4.97. The Morgan fingerprint density at radius 1 is 1.47 bits per heavy atom. The number of carbonyl (C=O) groups excluding carboxylic acids is 1. The Balaban J connectivity index is 2.31. The van der Waals surface area contributed by atoms with Crippen LogP contribution in [0.3, 0.4) is 0 Å². The van der Waals surface area contributed by atoms with E-state index in [-0.39, 0.29) is 5.91 Å². The third kappa shape index (κ3) is 6.29. The highest BCUT2D eigenvalue weighted by Crippen LogP contribution is 2.10. The second-order valence-corrected chi connectivity index (χ2v) is 5.33. The molecule has 0 unspecified atom stereocenters. The van der Waals surface area contributed by atoms with Crippen LogP contribution in [0.2, 0.25) is 5.02 Å². The number of nitrogens with two attached hydrogens (primary N) is 1. The summed E-state index contributed by atoms with van der Waals surface area (Å²) in [6.45, 7) is 4.28. The standard InChI is InChI=1S/C13H19ClN2O/c1-13(2,15)9-12(17)16-7-6-10-4-3-5-11(14)8-10/h3-5,8H,6-7,9,15H2,1-2H3,(H,16,17). The van der Waals surface area contributed by atoms with Crippen molar-refractivity contribution in [3.05, 3.63) is 34.9 Å². The Bertz CT molecular complexity index is 385. The highest BCUT2D eigenvalue weighted by atomic mass is 35.5. The molecular formula is C13H19ClN2O. The molecule has 0 radical (unpaired) electrons. The first-order chi connectivity index (χ1) is 7.87. The molecule has 1 amide bonds. The van der Waals surface area contributed by atoms with Gasteiger partial charge in [-0.2, -0.15) is 0 Å². The van der Waals surface area contributed by atoms with Gasteiger partial charge < -0.3 is 11.1 Å². The lowest BCUT2D eigenvalue weighted by Crippen LogP contribution is -2.39. The molecule has 17 heavy (non-hydrogen) atoms. The van der Waals surface area contributed by atoms with E-state index in [0.29, 0.717) is 13.0 Å². The molecule has 1 aromatic carbocycles. The van der Waals surface area contributed by atoms with Crippen LogP contribution in [0, 0.1) is 0 Å².